The maximum Gasteiger partial charge on any atom is 0.123 e. The van der Waals surface area contributed by atoms with Crippen molar-refractivity contribution < 1.29 is 4.39 Å². The Kier molecular flexibility index (Phi) is 4.72. The average Bonchev–Trinajstić information content (AvgIpc) is 2.67. The Labute approximate surface area is 154 Å². The molecule has 3 heteroatoms. The summed E-state index contributed by atoms with van der Waals surface area (Å²) in [6.45, 7) is 6.12. The number of hydrogen-bond acceptors (Lipinski definition) is 2. The van der Waals surface area contributed by atoms with Gasteiger partial charge < -0.3 is 10.2 Å². The molecule has 1 unspecified atom stereocenters. The quantitative estimate of drug-likeness (QED) is 0.860. The molecule has 1 fully saturated rings. The van der Waals surface area contributed by atoms with Crippen LogP contribution in [-0.2, 0) is 6.42 Å². The van der Waals surface area contributed by atoms with Gasteiger partial charge in [-0.15, -0.1) is 0 Å². The van der Waals surface area contributed by atoms with Gasteiger partial charge in [-0.2, -0.15) is 0 Å². The second-order valence-corrected chi connectivity index (χ2v) is 6.87. The highest BCUT2D eigenvalue weighted by Crippen LogP contribution is 2.34. The molecule has 4 rings (SSSR count). The molecule has 0 saturated carbocycles. The topological polar surface area (TPSA) is 15.3 Å². The van der Waals surface area contributed by atoms with Crippen LogP contribution in [0.4, 0.5) is 4.39 Å². The number of fused-ring (bicyclic) bond motifs is 1. The van der Waals surface area contributed by atoms with Gasteiger partial charge in [0.15, 0.2) is 0 Å². The molecule has 0 bridgehead atoms. The standard InChI is InChI=1S/C23H23FN2/c1-17-15-22-23(19-9-11-21(24)12-10-19)25-13-14-26(22)16-20(17)8-7-18-5-3-2-4-6-18/h2-6,9-12,15-16,23,25H,1,7-8,13-14H2. The van der Waals surface area contributed by atoms with E-state index in [1.165, 1.54) is 29.0 Å². The zero-order valence-electron chi connectivity index (χ0n) is 14.8. The second kappa shape index (κ2) is 7.30. The van der Waals surface area contributed by atoms with Crippen molar-refractivity contribution in [3.8, 4) is 0 Å². The summed E-state index contributed by atoms with van der Waals surface area (Å²) in [5.41, 5.74) is 5.98. The third kappa shape index (κ3) is 3.49. The van der Waals surface area contributed by atoms with Crippen LogP contribution in [0.5, 0.6) is 0 Å². The lowest BCUT2D eigenvalue weighted by Crippen LogP contribution is -2.42. The molecule has 0 aliphatic carbocycles. The van der Waals surface area contributed by atoms with E-state index in [2.05, 4.69) is 53.3 Å². The number of piperazine rings is 1. The van der Waals surface area contributed by atoms with E-state index in [1.807, 2.05) is 18.2 Å². The van der Waals surface area contributed by atoms with Gasteiger partial charge in [-0.05, 0) is 53.3 Å². The SMILES string of the molecule is C=C1C=C2C(c3ccc(F)cc3)NCCN2C=C1CCc1ccccc1. The van der Waals surface area contributed by atoms with Crippen molar-refractivity contribution in [1.29, 1.82) is 0 Å². The number of rotatable bonds is 4. The lowest BCUT2D eigenvalue weighted by molar-refractivity contribution is 0.333. The number of halogens is 1. The lowest BCUT2D eigenvalue weighted by Gasteiger charge is -2.39. The Hall–Kier alpha value is -2.65. The molecule has 1 saturated heterocycles. The van der Waals surface area contributed by atoms with E-state index in [4.69, 9.17) is 0 Å². The summed E-state index contributed by atoms with van der Waals surface area (Å²) in [7, 11) is 0. The van der Waals surface area contributed by atoms with E-state index in [9.17, 15) is 4.39 Å². The first-order chi connectivity index (χ1) is 12.7. The smallest absolute Gasteiger partial charge is 0.123 e. The highest BCUT2D eigenvalue weighted by molar-refractivity contribution is 5.46. The van der Waals surface area contributed by atoms with Crippen LogP contribution in [0.1, 0.15) is 23.6 Å². The fourth-order valence-electron chi connectivity index (χ4n) is 3.67. The average molecular weight is 346 g/mol. The summed E-state index contributed by atoms with van der Waals surface area (Å²) in [6, 6.07) is 17.4. The minimum absolute atomic E-state index is 0.0769. The minimum atomic E-state index is -0.202. The second-order valence-electron chi connectivity index (χ2n) is 6.87. The molecule has 26 heavy (non-hydrogen) atoms. The van der Waals surface area contributed by atoms with Gasteiger partial charge in [-0.3, -0.25) is 0 Å². The van der Waals surface area contributed by atoms with E-state index in [-0.39, 0.29) is 11.9 Å². The van der Waals surface area contributed by atoms with Gasteiger partial charge >= 0.3 is 0 Å². The van der Waals surface area contributed by atoms with Crippen molar-refractivity contribution >= 4 is 0 Å². The highest BCUT2D eigenvalue weighted by atomic mass is 19.1. The van der Waals surface area contributed by atoms with Crippen molar-refractivity contribution in [2.24, 2.45) is 0 Å². The zero-order chi connectivity index (χ0) is 17.9. The third-order valence-electron chi connectivity index (χ3n) is 5.10. The highest BCUT2D eigenvalue weighted by Gasteiger charge is 2.28. The first-order valence-electron chi connectivity index (χ1n) is 9.12. The summed E-state index contributed by atoms with van der Waals surface area (Å²) < 4.78 is 13.3. The minimum Gasteiger partial charge on any atom is -0.348 e. The van der Waals surface area contributed by atoms with Crippen LogP contribution in [-0.4, -0.2) is 18.0 Å². The Morgan fingerprint density at radius 2 is 1.81 bits per heavy atom. The summed E-state index contributed by atoms with van der Waals surface area (Å²) in [5.74, 6) is -0.202. The van der Waals surface area contributed by atoms with Crippen molar-refractivity contribution in [3.05, 3.63) is 107 Å². The molecule has 0 aromatic heterocycles. The van der Waals surface area contributed by atoms with E-state index in [1.54, 1.807) is 0 Å². The fraction of sp³-hybridized carbons (Fsp3) is 0.217. The van der Waals surface area contributed by atoms with Gasteiger partial charge in [0.2, 0.25) is 0 Å². The summed E-state index contributed by atoms with van der Waals surface area (Å²) in [6.07, 6.45) is 6.43. The molecule has 2 aromatic rings. The first-order valence-corrected chi connectivity index (χ1v) is 9.12. The molecule has 132 valence electrons. The number of benzene rings is 2. The molecule has 2 nitrogen and oxygen atoms in total. The van der Waals surface area contributed by atoms with Crippen molar-refractivity contribution in [2.45, 2.75) is 18.9 Å². The van der Waals surface area contributed by atoms with Gasteiger partial charge in [0, 0.05) is 25.0 Å². The van der Waals surface area contributed by atoms with Crippen LogP contribution in [0.2, 0.25) is 0 Å². The summed E-state index contributed by atoms with van der Waals surface area (Å²) in [4.78, 5) is 2.32. The van der Waals surface area contributed by atoms with E-state index in [0.717, 1.165) is 37.1 Å². The summed E-state index contributed by atoms with van der Waals surface area (Å²) in [5, 5.41) is 3.54. The Balaban J connectivity index is 1.52. The first kappa shape index (κ1) is 16.8. The molecule has 2 aliphatic rings. The molecule has 0 radical (unpaired) electrons. The van der Waals surface area contributed by atoms with Gasteiger partial charge in [0.1, 0.15) is 5.82 Å². The Morgan fingerprint density at radius 1 is 1.04 bits per heavy atom. The molecule has 1 N–H and O–H groups in total. The largest absolute Gasteiger partial charge is 0.348 e. The Morgan fingerprint density at radius 3 is 2.58 bits per heavy atom. The third-order valence-corrected chi connectivity index (χ3v) is 5.10. The monoisotopic (exact) mass is 346 g/mol. The van der Waals surface area contributed by atoms with Gasteiger partial charge in [0.25, 0.3) is 0 Å². The van der Waals surface area contributed by atoms with Crippen LogP contribution in [0.15, 0.2) is 90.3 Å². The van der Waals surface area contributed by atoms with Crippen LogP contribution in [0.25, 0.3) is 0 Å². The van der Waals surface area contributed by atoms with Crippen molar-refractivity contribution in [1.82, 2.24) is 10.2 Å². The van der Waals surface area contributed by atoms with Crippen LogP contribution in [0, 0.1) is 5.82 Å². The van der Waals surface area contributed by atoms with Crippen LogP contribution >= 0.6 is 0 Å². The molecule has 0 amide bonds. The van der Waals surface area contributed by atoms with Crippen LogP contribution < -0.4 is 5.32 Å². The number of hydrogen-bond donors (Lipinski definition) is 1. The van der Waals surface area contributed by atoms with Gasteiger partial charge in [0.05, 0.1) is 6.04 Å². The van der Waals surface area contributed by atoms with Crippen LogP contribution in [0.3, 0.4) is 0 Å². The maximum atomic E-state index is 13.3. The predicted molar refractivity (Wildman–Crippen MR) is 104 cm³/mol. The van der Waals surface area contributed by atoms with Gasteiger partial charge in [-0.1, -0.05) is 49.0 Å². The number of nitrogens with one attached hydrogen (secondary N) is 1. The normalized spacial score (nSPS) is 19.7. The van der Waals surface area contributed by atoms with Crippen molar-refractivity contribution in [2.75, 3.05) is 13.1 Å². The lowest BCUT2D eigenvalue weighted by atomic mass is 9.92. The van der Waals surface area contributed by atoms with Crippen molar-refractivity contribution in [3.63, 3.8) is 0 Å². The molecular weight excluding hydrogens is 323 g/mol. The number of allylic oxidation sites excluding steroid dienone is 3. The predicted octanol–water partition coefficient (Wildman–Crippen LogP) is 4.74. The number of nitrogens with zero attached hydrogens (tertiary/aromatic N) is 1. The molecule has 2 aromatic carbocycles. The fourth-order valence-corrected chi connectivity index (χ4v) is 3.67. The van der Waals surface area contributed by atoms with E-state index >= 15 is 0 Å². The Bertz CT molecular complexity index is 850. The summed E-state index contributed by atoms with van der Waals surface area (Å²) >= 11 is 0. The number of aryl methyl sites for hydroxylation is 1. The molecule has 1 atom stereocenters. The molecule has 2 heterocycles. The zero-order valence-corrected chi connectivity index (χ0v) is 14.8. The maximum absolute atomic E-state index is 13.3. The van der Waals surface area contributed by atoms with E-state index < -0.39 is 0 Å². The molecule has 0 spiro atoms. The van der Waals surface area contributed by atoms with Gasteiger partial charge in [-0.25, -0.2) is 4.39 Å². The molecule has 2 aliphatic heterocycles. The molecular formula is C23H23FN2. The van der Waals surface area contributed by atoms with E-state index in [0.29, 0.717) is 0 Å².